The first-order valence-corrected chi connectivity index (χ1v) is 9.33. The Bertz CT molecular complexity index is 434. The van der Waals surface area contributed by atoms with Crippen molar-refractivity contribution in [1.82, 2.24) is 0 Å². The fourth-order valence-corrected chi connectivity index (χ4v) is 5.85. The normalized spacial score (nSPS) is 13.1. The molecule has 2 heterocycles. The van der Waals surface area contributed by atoms with Gasteiger partial charge in [-0.2, -0.15) is 0 Å². The third kappa shape index (κ3) is 2.95. The van der Waals surface area contributed by atoms with Crippen LogP contribution in [0.2, 0.25) is 5.02 Å². The molecule has 86 valence electrons. The summed E-state index contributed by atoms with van der Waals surface area (Å²) in [4.78, 5) is 2.62. The van der Waals surface area contributed by atoms with Crippen molar-refractivity contribution < 1.29 is 0 Å². The topological polar surface area (TPSA) is 0 Å². The highest BCUT2D eigenvalue weighted by Gasteiger charge is 2.18. The van der Waals surface area contributed by atoms with Crippen LogP contribution in [-0.2, 0) is 0 Å². The summed E-state index contributed by atoms with van der Waals surface area (Å²) in [5.41, 5.74) is 0. The first kappa shape index (κ1) is 14.0. The van der Waals surface area contributed by atoms with Gasteiger partial charge in [-0.25, -0.2) is 0 Å². The maximum absolute atomic E-state index is 6.02. The number of hydrogen-bond acceptors (Lipinski definition) is 2. The number of thiophene rings is 2. The van der Waals surface area contributed by atoms with E-state index in [2.05, 4.69) is 69.8 Å². The molecule has 0 amide bonds. The molecule has 7 heteroatoms. The molecule has 0 N–H and O–H groups in total. The first-order valence-electron chi connectivity index (χ1n) is 4.02. The van der Waals surface area contributed by atoms with Crippen LogP contribution in [0.1, 0.15) is 14.6 Å². The van der Waals surface area contributed by atoms with Gasteiger partial charge in [-0.1, -0.05) is 27.5 Å². The first-order chi connectivity index (χ1) is 7.49. The maximum Gasteiger partial charge on any atom is 0.0887 e. The van der Waals surface area contributed by atoms with Crippen LogP contribution >= 0.6 is 98.0 Å². The molecule has 0 aromatic carbocycles. The average Bonchev–Trinajstić information content (AvgIpc) is 2.72. The molecular formula is C9H3Br4ClS2. The van der Waals surface area contributed by atoms with Crippen LogP contribution in [0, 0.1) is 0 Å². The van der Waals surface area contributed by atoms with E-state index >= 15 is 0 Å². The van der Waals surface area contributed by atoms with Crippen molar-refractivity contribution >= 4 is 98.0 Å². The standard InChI is InChI=1S/C9H3Br4ClS2/c10-3-1-5(15-8(3)12)7(11)6-2-4(14)9(13)16-6/h1-2,7H. The van der Waals surface area contributed by atoms with Crippen LogP contribution in [0.25, 0.3) is 0 Å². The van der Waals surface area contributed by atoms with Gasteiger partial charge in [0.05, 0.1) is 17.4 Å². The lowest BCUT2D eigenvalue weighted by molar-refractivity contribution is 1.28. The molecule has 2 aromatic rings. The fraction of sp³-hybridized carbons (Fsp3) is 0.111. The van der Waals surface area contributed by atoms with E-state index in [1.807, 2.05) is 6.07 Å². The van der Waals surface area contributed by atoms with Gasteiger partial charge in [-0.05, 0) is 59.9 Å². The van der Waals surface area contributed by atoms with E-state index < -0.39 is 0 Å². The highest BCUT2D eigenvalue weighted by Crippen LogP contribution is 2.45. The minimum atomic E-state index is 0.189. The molecule has 0 saturated carbocycles. The molecule has 0 fully saturated rings. The lowest BCUT2D eigenvalue weighted by Gasteiger charge is -2.03. The van der Waals surface area contributed by atoms with E-state index in [4.69, 9.17) is 11.6 Å². The van der Waals surface area contributed by atoms with Crippen molar-refractivity contribution in [2.75, 3.05) is 0 Å². The lowest BCUT2D eigenvalue weighted by atomic mass is 10.3. The summed E-state index contributed by atoms with van der Waals surface area (Å²) in [5.74, 6) is 0. The lowest BCUT2D eigenvalue weighted by Crippen LogP contribution is -1.83. The second kappa shape index (κ2) is 5.72. The summed E-state index contributed by atoms with van der Waals surface area (Å²) >= 11 is 23.5. The van der Waals surface area contributed by atoms with Gasteiger partial charge < -0.3 is 0 Å². The van der Waals surface area contributed by atoms with E-state index in [1.165, 1.54) is 9.75 Å². The highest BCUT2D eigenvalue weighted by atomic mass is 79.9. The van der Waals surface area contributed by atoms with Gasteiger partial charge in [0, 0.05) is 14.2 Å². The number of alkyl halides is 1. The van der Waals surface area contributed by atoms with Crippen LogP contribution in [0.5, 0.6) is 0 Å². The number of rotatable bonds is 2. The molecule has 2 aromatic heterocycles. The zero-order chi connectivity index (χ0) is 11.9. The van der Waals surface area contributed by atoms with Gasteiger partial charge in [0.1, 0.15) is 0 Å². The Morgan fingerprint density at radius 3 is 2.00 bits per heavy atom. The summed E-state index contributed by atoms with van der Waals surface area (Å²) in [6, 6.07) is 4.09. The van der Waals surface area contributed by atoms with Crippen LogP contribution in [-0.4, -0.2) is 0 Å². The van der Waals surface area contributed by atoms with Crippen LogP contribution in [0.15, 0.2) is 24.2 Å². The Balaban J connectivity index is 2.34. The SMILES string of the molecule is Clc1cc(C(Br)c2cc(Br)c(Br)s2)sc1Br. The molecule has 0 spiro atoms. The summed E-state index contributed by atoms with van der Waals surface area (Å²) in [7, 11) is 0. The van der Waals surface area contributed by atoms with Crippen molar-refractivity contribution in [2.24, 2.45) is 0 Å². The van der Waals surface area contributed by atoms with Crippen molar-refractivity contribution in [3.05, 3.63) is 39.0 Å². The van der Waals surface area contributed by atoms with Crippen LogP contribution in [0.4, 0.5) is 0 Å². The highest BCUT2D eigenvalue weighted by molar-refractivity contribution is 9.13. The zero-order valence-electron chi connectivity index (χ0n) is 7.44. The fourth-order valence-electron chi connectivity index (χ4n) is 1.12. The van der Waals surface area contributed by atoms with Gasteiger partial charge in [0.2, 0.25) is 0 Å². The van der Waals surface area contributed by atoms with Gasteiger partial charge >= 0.3 is 0 Å². The molecule has 0 aliphatic heterocycles. The second-order valence-electron chi connectivity index (χ2n) is 2.90. The summed E-state index contributed by atoms with van der Waals surface area (Å²) < 4.78 is 3.16. The number of hydrogen-bond donors (Lipinski definition) is 0. The van der Waals surface area contributed by atoms with E-state index in [0.717, 1.165) is 17.1 Å². The molecule has 0 aliphatic rings. The Labute approximate surface area is 140 Å². The summed E-state index contributed by atoms with van der Waals surface area (Å²) in [5, 5.41) is 0.763. The van der Waals surface area contributed by atoms with Gasteiger partial charge in [-0.3, -0.25) is 0 Å². The third-order valence-electron chi connectivity index (χ3n) is 1.83. The number of halogens is 5. The summed E-state index contributed by atoms with van der Waals surface area (Å²) in [6.07, 6.45) is 0. The predicted octanol–water partition coefficient (Wildman–Crippen LogP) is 7.23. The smallest absolute Gasteiger partial charge is 0.0887 e. The Morgan fingerprint density at radius 1 is 1.00 bits per heavy atom. The van der Waals surface area contributed by atoms with E-state index in [-0.39, 0.29) is 4.83 Å². The van der Waals surface area contributed by atoms with Crippen LogP contribution in [0.3, 0.4) is 0 Å². The van der Waals surface area contributed by atoms with E-state index in [1.54, 1.807) is 22.7 Å². The van der Waals surface area contributed by atoms with Crippen molar-refractivity contribution in [3.63, 3.8) is 0 Å². The molecule has 0 aliphatic carbocycles. The summed E-state index contributed by atoms with van der Waals surface area (Å²) in [6.45, 7) is 0. The quantitative estimate of drug-likeness (QED) is 0.360. The van der Waals surface area contributed by atoms with Gasteiger partial charge in [0.25, 0.3) is 0 Å². The van der Waals surface area contributed by atoms with Crippen molar-refractivity contribution in [3.8, 4) is 0 Å². The molecule has 1 atom stereocenters. The molecule has 0 bridgehead atoms. The molecule has 0 nitrogen and oxygen atoms in total. The largest absolute Gasteiger partial charge is 0.130 e. The molecule has 0 radical (unpaired) electrons. The molecular weight excluding hydrogens is 527 g/mol. The van der Waals surface area contributed by atoms with Crippen molar-refractivity contribution in [2.45, 2.75) is 4.83 Å². The minimum absolute atomic E-state index is 0.189. The Morgan fingerprint density at radius 2 is 1.56 bits per heavy atom. The van der Waals surface area contributed by atoms with Crippen molar-refractivity contribution in [1.29, 1.82) is 0 Å². The Kier molecular flexibility index (Phi) is 5.01. The Hall–Kier alpha value is 1.61. The molecule has 2 rings (SSSR count). The van der Waals surface area contributed by atoms with Gasteiger partial charge in [0.15, 0.2) is 0 Å². The third-order valence-corrected chi connectivity index (χ3v) is 9.28. The maximum atomic E-state index is 6.02. The van der Waals surface area contributed by atoms with E-state index in [9.17, 15) is 0 Å². The van der Waals surface area contributed by atoms with Crippen LogP contribution < -0.4 is 0 Å². The monoisotopic (exact) mass is 526 g/mol. The van der Waals surface area contributed by atoms with Gasteiger partial charge in [-0.15, -0.1) is 22.7 Å². The molecule has 1 unspecified atom stereocenters. The average molecular weight is 530 g/mol. The zero-order valence-corrected chi connectivity index (χ0v) is 16.2. The second-order valence-corrected chi connectivity index (χ2v) is 9.88. The minimum Gasteiger partial charge on any atom is -0.130 e. The molecule has 0 saturated heterocycles. The predicted molar refractivity (Wildman–Crippen MR) is 87.5 cm³/mol. The van der Waals surface area contributed by atoms with E-state index in [0.29, 0.717) is 0 Å². The molecule has 16 heavy (non-hydrogen) atoms.